The summed E-state index contributed by atoms with van der Waals surface area (Å²) in [6, 6.07) is 6.24. The fraction of sp³-hybridized carbons (Fsp3) is 0.375. The van der Waals surface area contributed by atoms with Gasteiger partial charge in [-0.05, 0) is 24.5 Å². The van der Waals surface area contributed by atoms with Crippen LogP contribution >= 0.6 is 0 Å². The number of urea groups is 1. The van der Waals surface area contributed by atoms with E-state index in [1.54, 1.807) is 31.3 Å². The van der Waals surface area contributed by atoms with E-state index in [-0.39, 0.29) is 17.6 Å². The van der Waals surface area contributed by atoms with E-state index in [2.05, 4.69) is 11.2 Å². The molecule has 0 aliphatic rings. The lowest BCUT2D eigenvalue weighted by Gasteiger charge is -2.20. The first kappa shape index (κ1) is 16.6. The molecule has 5 nitrogen and oxygen atoms in total. The third-order valence-electron chi connectivity index (χ3n) is 3.22. The summed E-state index contributed by atoms with van der Waals surface area (Å²) in [5, 5.41) is 11.8. The smallest absolute Gasteiger partial charge is 0.335 e. The molecule has 1 aromatic carbocycles. The SMILES string of the molecule is C#CC(CC)NC(=O)N(C)CCc1ccccc1C(=O)O. The maximum Gasteiger partial charge on any atom is 0.335 e. The highest BCUT2D eigenvalue weighted by atomic mass is 16.4. The number of carboxylic acid groups (broad SMARTS) is 1. The zero-order valence-corrected chi connectivity index (χ0v) is 12.3. The van der Waals surface area contributed by atoms with E-state index in [1.807, 2.05) is 6.92 Å². The van der Waals surface area contributed by atoms with Crippen molar-refractivity contribution in [2.24, 2.45) is 0 Å². The van der Waals surface area contributed by atoms with Crippen molar-refractivity contribution < 1.29 is 14.7 Å². The third-order valence-corrected chi connectivity index (χ3v) is 3.22. The molecule has 0 radical (unpaired) electrons. The Hall–Kier alpha value is -2.48. The van der Waals surface area contributed by atoms with E-state index in [1.165, 1.54) is 4.90 Å². The summed E-state index contributed by atoms with van der Waals surface area (Å²) in [5.41, 5.74) is 0.968. The fourth-order valence-corrected chi connectivity index (χ4v) is 1.86. The second kappa shape index (κ2) is 7.95. The highest BCUT2D eigenvalue weighted by Crippen LogP contribution is 2.10. The lowest BCUT2D eigenvalue weighted by molar-refractivity contribution is 0.0695. The molecule has 1 rings (SSSR count). The summed E-state index contributed by atoms with van der Waals surface area (Å²) in [6.45, 7) is 2.31. The minimum atomic E-state index is -0.962. The van der Waals surface area contributed by atoms with Gasteiger partial charge in [0.05, 0.1) is 11.6 Å². The molecule has 0 saturated heterocycles. The lowest BCUT2D eigenvalue weighted by atomic mass is 10.0. The van der Waals surface area contributed by atoms with Gasteiger partial charge in [-0.1, -0.05) is 31.0 Å². The van der Waals surface area contributed by atoms with E-state index < -0.39 is 5.97 Å². The van der Waals surface area contributed by atoms with E-state index in [9.17, 15) is 9.59 Å². The molecular weight excluding hydrogens is 268 g/mol. The Morgan fingerprint density at radius 1 is 1.43 bits per heavy atom. The van der Waals surface area contributed by atoms with Crippen LogP contribution in [0.1, 0.15) is 29.3 Å². The summed E-state index contributed by atoms with van der Waals surface area (Å²) < 4.78 is 0. The number of aromatic carboxylic acids is 1. The monoisotopic (exact) mass is 288 g/mol. The van der Waals surface area contributed by atoms with Gasteiger partial charge in [0.1, 0.15) is 0 Å². The van der Waals surface area contributed by atoms with E-state index in [4.69, 9.17) is 11.5 Å². The Morgan fingerprint density at radius 3 is 2.67 bits per heavy atom. The van der Waals surface area contributed by atoms with Gasteiger partial charge in [0.25, 0.3) is 0 Å². The lowest BCUT2D eigenvalue weighted by Crippen LogP contribution is -2.43. The quantitative estimate of drug-likeness (QED) is 0.786. The highest BCUT2D eigenvalue weighted by Gasteiger charge is 2.14. The number of benzene rings is 1. The van der Waals surface area contributed by atoms with Gasteiger partial charge in [-0.15, -0.1) is 6.42 Å². The molecule has 2 N–H and O–H groups in total. The third kappa shape index (κ3) is 4.84. The minimum absolute atomic E-state index is 0.257. The van der Waals surface area contributed by atoms with Crippen molar-refractivity contribution in [1.82, 2.24) is 10.2 Å². The Bertz CT molecular complexity index is 549. The number of likely N-dealkylation sites (N-methyl/N-ethyl adjacent to an activating group) is 1. The Morgan fingerprint density at radius 2 is 2.10 bits per heavy atom. The number of hydrogen-bond donors (Lipinski definition) is 2. The van der Waals surface area contributed by atoms with Gasteiger partial charge in [-0.3, -0.25) is 0 Å². The minimum Gasteiger partial charge on any atom is -0.478 e. The average Bonchev–Trinajstić information content (AvgIpc) is 2.49. The molecule has 21 heavy (non-hydrogen) atoms. The number of rotatable bonds is 6. The normalized spacial score (nSPS) is 11.3. The summed E-state index contributed by atoms with van der Waals surface area (Å²) in [7, 11) is 1.65. The molecule has 112 valence electrons. The Balaban J connectivity index is 2.61. The zero-order valence-electron chi connectivity index (χ0n) is 12.3. The van der Waals surface area contributed by atoms with Crippen LogP contribution in [0.2, 0.25) is 0 Å². The van der Waals surface area contributed by atoms with Crippen molar-refractivity contribution in [3.63, 3.8) is 0 Å². The molecule has 0 fully saturated rings. The molecule has 0 aromatic heterocycles. The molecular formula is C16H20N2O3. The van der Waals surface area contributed by atoms with Crippen molar-refractivity contribution in [3.05, 3.63) is 35.4 Å². The standard InChI is InChI=1S/C16H20N2O3/c1-4-13(5-2)17-16(21)18(3)11-10-12-8-6-7-9-14(12)15(19)20/h1,6-9,13H,5,10-11H2,2-3H3,(H,17,21)(H,19,20). The van der Waals surface area contributed by atoms with Crippen LogP contribution in [0, 0.1) is 12.3 Å². The van der Waals surface area contributed by atoms with Gasteiger partial charge < -0.3 is 15.3 Å². The van der Waals surface area contributed by atoms with E-state index in [0.717, 1.165) is 0 Å². The number of nitrogens with zero attached hydrogens (tertiary/aromatic N) is 1. The number of amides is 2. The number of nitrogens with one attached hydrogen (secondary N) is 1. The largest absolute Gasteiger partial charge is 0.478 e. The number of carbonyl (C=O) groups excluding carboxylic acids is 1. The molecule has 0 bridgehead atoms. The Kier molecular flexibility index (Phi) is 6.28. The topological polar surface area (TPSA) is 69.6 Å². The number of terminal acetylenes is 1. The molecule has 0 aliphatic carbocycles. The summed E-state index contributed by atoms with van der Waals surface area (Å²) >= 11 is 0. The molecule has 5 heteroatoms. The zero-order chi connectivity index (χ0) is 15.8. The maximum atomic E-state index is 11.9. The molecule has 0 spiro atoms. The van der Waals surface area contributed by atoms with Crippen LogP contribution in [-0.2, 0) is 6.42 Å². The Labute approximate surface area is 125 Å². The van der Waals surface area contributed by atoms with Crippen LogP contribution in [0.15, 0.2) is 24.3 Å². The van der Waals surface area contributed by atoms with Gasteiger partial charge in [0, 0.05) is 13.6 Å². The van der Waals surface area contributed by atoms with Crippen molar-refractivity contribution in [2.45, 2.75) is 25.8 Å². The van der Waals surface area contributed by atoms with Crippen LogP contribution in [0.25, 0.3) is 0 Å². The second-order valence-corrected chi connectivity index (χ2v) is 4.71. The molecule has 1 unspecified atom stereocenters. The van der Waals surface area contributed by atoms with Gasteiger partial charge in [-0.2, -0.15) is 0 Å². The highest BCUT2D eigenvalue weighted by molar-refractivity contribution is 5.89. The van der Waals surface area contributed by atoms with Crippen LogP contribution < -0.4 is 5.32 Å². The predicted molar refractivity (Wildman–Crippen MR) is 81.2 cm³/mol. The van der Waals surface area contributed by atoms with Gasteiger partial charge in [-0.25, -0.2) is 9.59 Å². The van der Waals surface area contributed by atoms with Crippen molar-refractivity contribution in [2.75, 3.05) is 13.6 Å². The van der Waals surface area contributed by atoms with Crippen LogP contribution in [0.5, 0.6) is 0 Å². The first-order chi connectivity index (χ1) is 9.99. The van der Waals surface area contributed by atoms with E-state index in [0.29, 0.717) is 24.9 Å². The molecule has 2 amide bonds. The molecule has 0 heterocycles. The van der Waals surface area contributed by atoms with Crippen molar-refractivity contribution in [1.29, 1.82) is 0 Å². The molecule has 1 aromatic rings. The van der Waals surface area contributed by atoms with Crippen molar-refractivity contribution >= 4 is 12.0 Å². The summed E-state index contributed by atoms with van der Waals surface area (Å²) in [6.07, 6.45) is 6.44. The predicted octanol–water partition coefficient (Wildman–Crippen LogP) is 1.98. The summed E-state index contributed by atoms with van der Waals surface area (Å²) in [4.78, 5) is 24.5. The molecule has 0 aliphatic heterocycles. The van der Waals surface area contributed by atoms with Crippen LogP contribution in [0.4, 0.5) is 4.79 Å². The maximum absolute atomic E-state index is 11.9. The number of carbonyl (C=O) groups is 2. The van der Waals surface area contributed by atoms with Crippen LogP contribution in [-0.4, -0.2) is 41.6 Å². The van der Waals surface area contributed by atoms with Crippen molar-refractivity contribution in [3.8, 4) is 12.3 Å². The number of hydrogen-bond acceptors (Lipinski definition) is 2. The number of carboxylic acids is 1. The first-order valence-corrected chi connectivity index (χ1v) is 6.78. The fourth-order valence-electron chi connectivity index (χ4n) is 1.86. The van der Waals surface area contributed by atoms with Gasteiger partial charge in [0.2, 0.25) is 0 Å². The molecule has 1 atom stereocenters. The molecule has 0 saturated carbocycles. The van der Waals surface area contributed by atoms with E-state index >= 15 is 0 Å². The first-order valence-electron chi connectivity index (χ1n) is 6.78. The van der Waals surface area contributed by atoms with Gasteiger partial charge in [0.15, 0.2) is 0 Å². The summed E-state index contributed by atoms with van der Waals surface area (Å²) in [5.74, 6) is 1.54. The van der Waals surface area contributed by atoms with Crippen LogP contribution in [0.3, 0.4) is 0 Å². The second-order valence-electron chi connectivity index (χ2n) is 4.71. The average molecular weight is 288 g/mol. The van der Waals surface area contributed by atoms with Gasteiger partial charge >= 0.3 is 12.0 Å².